The fourth-order valence-corrected chi connectivity index (χ4v) is 2.76. The van der Waals surface area contributed by atoms with Crippen LogP contribution in [0, 0.1) is 0 Å². The van der Waals surface area contributed by atoms with Crippen molar-refractivity contribution in [3.05, 3.63) is 54.6 Å². The third kappa shape index (κ3) is 4.57. The molecule has 126 valence electrons. The van der Waals surface area contributed by atoms with Crippen LogP contribution < -0.4 is 15.4 Å². The van der Waals surface area contributed by atoms with E-state index in [2.05, 4.69) is 22.5 Å². The Morgan fingerprint density at radius 1 is 1.21 bits per heavy atom. The Bertz CT molecular complexity index is 675. The van der Waals surface area contributed by atoms with E-state index in [-0.39, 0.29) is 5.91 Å². The number of hydrogen-bond donors (Lipinski definition) is 2. The average Bonchev–Trinajstić information content (AvgIpc) is 2.58. The van der Waals surface area contributed by atoms with Gasteiger partial charge in [-0.25, -0.2) is 0 Å². The second-order valence-corrected chi connectivity index (χ2v) is 6.01. The van der Waals surface area contributed by atoms with Crippen LogP contribution in [0.4, 0.5) is 5.69 Å². The number of nitrogens with zero attached hydrogens (tertiary/aromatic N) is 1. The molecule has 5 heteroatoms. The number of hydrogen-bond acceptors (Lipinski definition) is 4. The number of rotatable bonds is 5. The molecule has 0 radical (unpaired) electrons. The first kappa shape index (κ1) is 16.5. The van der Waals surface area contributed by atoms with Crippen LogP contribution in [0.25, 0.3) is 0 Å². The van der Waals surface area contributed by atoms with Crippen molar-refractivity contribution in [2.45, 2.75) is 13.0 Å². The van der Waals surface area contributed by atoms with Crippen molar-refractivity contribution in [2.75, 3.05) is 31.5 Å². The van der Waals surface area contributed by atoms with Crippen LogP contribution in [0.1, 0.15) is 6.92 Å². The second kappa shape index (κ2) is 7.95. The van der Waals surface area contributed by atoms with Crippen LogP contribution in [-0.2, 0) is 4.79 Å². The van der Waals surface area contributed by atoms with Gasteiger partial charge >= 0.3 is 0 Å². The van der Waals surface area contributed by atoms with Crippen molar-refractivity contribution >= 4 is 11.6 Å². The van der Waals surface area contributed by atoms with Crippen LogP contribution >= 0.6 is 0 Å². The van der Waals surface area contributed by atoms with E-state index in [1.807, 2.05) is 54.6 Å². The largest absolute Gasteiger partial charge is 0.457 e. The number of carbonyl (C=O) groups is 1. The van der Waals surface area contributed by atoms with Gasteiger partial charge in [-0.2, -0.15) is 0 Å². The zero-order valence-electron chi connectivity index (χ0n) is 13.9. The topological polar surface area (TPSA) is 53.6 Å². The predicted octanol–water partition coefficient (Wildman–Crippen LogP) is 2.71. The minimum Gasteiger partial charge on any atom is -0.457 e. The Morgan fingerprint density at radius 2 is 2.00 bits per heavy atom. The van der Waals surface area contributed by atoms with E-state index in [9.17, 15) is 4.79 Å². The number of ether oxygens (including phenoxy) is 1. The summed E-state index contributed by atoms with van der Waals surface area (Å²) in [5.41, 5.74) is 0.746. The molecule has 0 spiro atoms. The van der Waals surface area contributed by atoms with Gasteiger partial charge in [-0.3, -0.25) is 9.69 Å². The van der Waals surface area contributed by atoms with Crippen LogP contribution in [0.15, 0.2) is 54.6 Å². The Labute approximate surface area is 142 Å². The number of anilines is 1. The molecule has 24 heavy (non-hydrogen) atoms. The minimum atomic E-state index is 0.000566. The molecule has 0 unspecified atom stereocenters. The number of carbonyl (C=O) groups excluding carboxylic acids is 1. The quantitative estimate of drug-likeness (QED) is 0.887. The SMILES string of the molecule is C[C@H]1CNCCN1CC(=O)Nc1cccc(Oc2ccccc2)c1. The van der Waals surface area contributed by atoms with Gasteiger partial charge in [0.25, 0.3) is 0 Å². The summed E-state index contributed by atoms with van der Waals surface area (Å²) in [5, 5.41) is 6.28. The maximum Gasteiger partial charge on any atom is 0.238 e. The lowest BCUT2D eigenvalue weighted by molar-refractivity contribution is -0.118. The van der Waals surface area contributed by atoms with E-state index >= 15 is 0 Å². The summed E-state index contributed by atoms with van der Waals surface area (Å²) < 4.78 is 5.80. The maximum absolute atomic E-state index is 12.3. The molecule has 0 aromatic heterocycles. The highest BCUT2D eigenvalue weighted by molar-refractivity contribution is 5.92. The Kier molecular flexibility index (Phi) is 5.46. The molecule has 0 aliphatic carbocycles. The van der Waals surface area contributed by atoms with Crippen molar-refractivity contribution in [3.63, 3.8) is 0 Å². The van der Waals surface area contributed by atoms with Crippen molar-refractivity contribution < 1.29 is 9.53 Å². The van der Waals surface area contributed by atoms with Crippen LogP contribution in [0.3, 0.4) is 0 Å². The molecule has 1 heterocycles. The van der Waals surface area contributed by atoms with Crippen LogP contribution in [0.5, 0.6) is 11.5 Å². The molecule has 5 nitrogen and oxygen atoms in total. The molecule has 0 bridgehead atoms. The molecule has 1 saturated heterocycles. The van der Waals surface area contributed by atoms with E-state index in [0.717, 1.165) is 31.1 Å². The first-order valence-electron chi connectivity index (χ1n) is 8.28. The van der Waals surface area contributed by atoms with Gasteiger partial charge in [-0.05, 0) is 31.2 Å². The third-order valence-corrected chi connectivity index (χ3v) is 4.08. The number of amides is 1. The molecule has 1 aliphatic rings. The summed E-state index contributed by atoms with van der Waals surface area (Å²) in [6.45, 7) is 5.29. The van der Waals surface area contributed by atoms with Crippen LogP contribution in [-0.4, -0.2) is 43.0 Å². The van der Waals surface area contributed by atoms with Crippen molar-refractivity contribution in [1.29, 1.82) is 0 Å². The number of piperazine rings is 1. The standard InChI is InChI=1S/C19H23N3O2/c1-15-13-20-10-11-22(15)14-19(23)21-16-6-5-9-18(12-16)24-17-7-3-2-4-8-17/h2-9,12,15,20H,10-11,13-14H2,1H3,(H,21,23)/t15-/m0/s1. The average molecular weight is 325 g/mol. The Morgan fingerprint density at radius 3 is 2.79 bits per heavy atom. The number of benzene rings is 2. The van der Waals surface area contributed by atoms with Crippen molar-refractivity contribution in [3.8, 4) is 11.5 Å². The molecular weight excluding hydrogens is 302 g/mol. The highest BCUT2D eigenvalue weighted by Gasteiger charge is 2.20. The smallest absolute Gasteiger partial charge is 0.238 e. The van der Waals surface area contributed by atoms with E-state index in [4.69, 9.17) is 4.74 Å². The highest BCUT2D eigenvalue weighted by Crippen LogP contribution is 2.23. The molecule has 1 amide bonds. The van der Waals surface area contributed by atoms with E-state index < -0.39 is 0 Å². The summed E-state index contributed by atoms with van der Waals surface area (Å²) in [7, 11) is 0. The third-order valence-electron chi connectivity index (χ3n) is 4.08. The molecule has 1 atom stereocenters. The molecule has 0 saturated carbocycles. The van der Waals surface area contributed by atoms with E-state index in [1.165, 1.54) is 0 Å². The summed E-state index contributed by atoms with van der Waals surface area (Å²) in [4.78, 5) is 14.5. The fraction of sp³-hybridized carbons (Fsp3) is 0.316. The fourth-order valence-electron chi connectivity index (χ4n) is 2.76. The minimum absolute atomic E-state index is 0.000566. The van der Waals surface area contributed by atoms with Gasteiger partial charge in [0.05, 0.1) is 6.54 Å². The molecule has 3 rings (SSSR count). The summed E-state index contributed by atoms with van der Waals surface area (Å²) in [6.07, 6.45) is 0. The summed E-state index contributed by atoms with van der Waals surface area (Å²) in [5.74, 6) is 1.48. The molecule has 1 fully saturated rings. The van der Waals surface area contributed by atoms with E-state index in [1.54, 1.807) is 0 Å². The lowest BCUT2D eigenvalue weighted by atomic mass is 10.2. The van der Waals surface area contributed by atoms with Gasteiger partial charge in [0, 0.05) is 37.4 Å². The second-order valence-electron chi connectivity index (χ2n) is 6.01. The van der Waals surface area contributed by atoms with Gasteiger partial charge in [-0.15, -0.1) is 0 Å². The zero-order chi connectivity index (χ0) is 16.8. The highest BCUT2D eigenvalue weighted by atomic mass is 16.5. The molecule has 2 aromatic rings. The maximum atomic E-state index is 12.3. The van der Waals surface area contributed by atoms with Gasteiger partial charge in [0.15, 0.2) is 0 Å². The van der Waals surface area contributed by atoms with Gasteiger partial charge < -0.3 is 15.4 Å². The molecule has 1 aliphatic heterocycles. The van der Waals surface area contributed by atoms with Crippen molar-refractivity contribution in [1.82, 2.24) is 10.2 Å². The van der Waals surface area contributed by atoms with Gasteiger partial charge in [-0.1, -0.05) is 24.3 Å². The normalized spacial score (nSPS) is 18.1. The molecule has 2 aromatic carbocycles. The Hall–Kier alpha value is -2.37. The predicted molar refractivity (Wildman–Crippen MR) is 95.5 cm³/mol. The molecule has 2 N–H and O–H groups in total. The summed E-state index contributed by atoms with van der Waals surface area (Å²) >= 11 is 0. The van der Waals surface area contributed by atoms with Crippen LogP contribution in [0.2, 0.25) is 0 Å². The van der Waals surface area contributed by atoms with Crippen molar-refractivity contribution in [2.24, 2.45) is 0 Å². The first-order valence-corrected chi connectivity index (χ1v) is 8.28. The lowest BCUT2D eigenvalue weighted by Gasteiger charge is -2.33. The number of para-hydroxylation sites is 1. The van der Waals surface area contributed by atoms with Gasteiger partial charge in [0.2, 0.25) is 5.91 Å². The Balaban J connectivity index is 1.58. The monoisotopic (exact) mass is 325 g/mol. The van der Waals surface area contributed by atoms with Gasteiger partial charge in [0.1, 0.15) is 11.5 Å². The number of nitrogens with one attached hydrogen (secondary N) is 2. The van der Waals surface area contributed by atoms with E-state index in [0.29, 0.717) is 18.3 Å². The lowest BCUT2D eigenvalue weighted by Crippen LogP contribution is -2.51. The molecular formula is C19H23N3O2. The zero-order valence-corrected chi connectivity index (χ0v) is 13.9. The first-order chi connectivity index (χ1) is 11.7. The summed E-state index contributed by atoms with van der Waals surface area (Å²) in [6, 6.07) is 17.4.